The molecule has 0 spiro atoms. The zero-order chi connectivity index (χ0) is 14.2. The van der Waals surface area contributed by atoms with E-state index >= 15 is 0 Å². The second-order valence-electron chi connectivity index (χ2n) is 4.35. The predicted octanol–water partition coefficient (Wildman–Crippen LogP) is 3.84. The van der Waals surface area contributed by atoms with Crippen LogP contribution in [0.1, 0.15) is 0 Å². The third-order valence-corrected chi connectivity index (χ3v) is 4.49. The van der Waals surface area contributed by atoms with E-state index in [-0.39, 0.29) is 4.90 Å². The summed E-state index contributed by atoms with van der Waals surface area (Å²) in [6, 6.07) is 16.7. The van der Waals surface area contributed by atoms with Gasteiger partial charge in [0.2, 0.25) is 0 Å². The Morgan fingerprint density at radius 3 is 2.40 bits per heavy atom. The first-order valence-corrected chi connectivity index (χ1v) is 7.49. The van der Waals surface area contributed by atoms with E-state index in [0.29, 0.717) is 5.39 Å². The van der Waals surface area contributed by atoms with E-state index in [4.69, 9.17) is 0 Å². The van der Waals surface area contributed by atoms with Crippen LogP contribution in [0, 0.1) is 0 Å². The topological polar surface area (TPSA) is 43.4 Å². The molecule has 0 fully saturated rings. The summed E-state index contributed by atoms with van der Waals surface area (Å²) in [6.07, 6.45) is 0.926. The molecule has 0 aromatic heterocycles. The number of hydrogen-bond donors (Lipinski definition) is 0. The lowest BCUT2D eigenvalue weighted by Gasteiger charge is -2.09. The van der Waals surface area contributed by atoms with E-state index in [1.807, 2.05) is 36.4 Å². The van der Waals surface area contributed by atoms with Gasteiger partial charge < -0.3 is 4.18 Å². The highest BCUT2D eigenvalue weighted by Crippen LogP contribution is 2.30. The molecule has 0 aliphatic rings. The summed E-state index contributed by atoms with van der Waals surface area (Å²) in [5.41, 5.74) is 0. The Kier molecular flexibility index (Phi) is 2.95. The lowest BCUT2D eigenvalue weighted by molar-refractivity contribution is 0.445. The average molecular weight is 284 g/mol. The van der Waals surface area contributed by atoms with Crippen LogP contribution in [-0.4, -0.2) is 8.42 Å². The van der Waals surface area contributed by atoms with Crippen LogP contribution < -0.4 is 0 Å². The fourth-order valence-electron chi connectivity index (χ4n) is 2.37. The highest BCUT2D eigenvalue weighted by atomic mass is 32.2. The fourth-order valence-corrected chi connectivity index (χ4v) is 3.35. The second-order valence-corrected chi connectivity index (χ2v) is 5.90. The largest absolute Gasteiger partial charge is 0.388 e. The van der Waals surface area contributed by atoms with Crippen molar-refractivity contribution in [2.45, 2.75) is 4.90 Å². The molecule has 0 N–H and O–H groups in total. The van der Waals surface area contributed by atoms with Gasteiger partial charge in [-0.05, 0) is 22.2 Å². The SMILES string of the molecule is C=COS(=O)(=O)c1cccc2c1ccc1ccccc12. The van der Waals surface area contributed by atoms with Crippen molar-refractivity contribution in [2.75, 3.05) is 0 Å². The van der Waals surface area contributed by atoms with Gasteiger partial charge >= 0.3 is 10.1 Å². The molecule has 0 unspecified atom stereocenters. The Hall–Kier alpha value is -2.33. The summed E-state index contributed by atoms with van der Waals surface area (Å²) >= 11 is 0. The third-order valence-electron chi connectivity index (χ3n) is 3.21. The second kappa shape index (κ2) is 4.65. The van der Waals surface area contributed by atoms with E-state index in [9.17, 15) is 8.42 Å². The predicted molar refractivity (Wildman–Crippen MR) is 79.9 cm³/mol. The van der Waals surface area contributed by atoms with Gasteiger partial charge in [-0.25, -0.2) is 0 Å². The zero-order valence-electron chi connectivity index (χ0n) is 10.6. The molecule has 0 radical (unpaired) electrons. The number of rotatable bonds is 3. The lowest BCUT2D eigenvalue weighted by Crippen LogP contribution is -2.02. The van der Waals surface area contributed by atoms with Gasteiger partial charge in [-0.15, -0.1) is 0 Å². The van der Waals surface area contributed by atoms with Gasteiger partial charge in [-0.2, -0.15) is 8.42 Å². The van der Waals surface area contributed by atoms with Crippen molar-refractivity contribution in [3.8, 4) is 0 Å². The van der Waals surface area contributed by atoms with E-state index in [2.05, 4.69) is 10.8 Å². The molecule has 0 aliphatic heterocycles. The average Bonchev–Trinajstić information content (AvgIpc) is 2.46. The quantitative estimate of drug-likeness (QED) is 0.417. The van der Waals surface area contributed by atoms with Gasteiger partial charge in [0.15, 0.2) is 0 Å². The molecular formula is C16H12O3S. The standard InChI is InChI=1S/C16H12O3S/c1-2-19-20(17,18)16-9-5-8-14-13-7-4-3-6-12(13)10-11-15(14)16/h2-11H,1H2. The van der Waals surface area contributed by atoms with Crippen molar-refractivity contribution in [1.29, 1.82) is 0 Å². The molecule has 100 valence electrons. The Morgan fingerprint density at radius 2 is 1.60 bits per heavy atom. The molecule has 0 aliphatic carbocycles. The highest BCUT2D eigenvalue weighted by molar-refractivity contribution is 7.87. The van der Waals surface area contributed by atoms with Crippen LogP contribution in [0.3, 0.4) is 0 Å². The molecule has 20 heavy (non-hydrogen) atoms. The van der Waals surface area contributed by atoms with Crippen LogP contribution in [0.5, 0.6) is 0 Å². The van der Waals surface area contributed by atoms with Gasteiger partial charge in [0.25, 0.3) is 0 Å². The van der Waals surface area contributed by atoms with Crippen molar-refractivity contribution >= 4 is 31.7 Å². The summed E-state index contributed by atoms with van der Waals surface area (Å²) in [5, 5.41) is 3.62. The van der Waals surface area contributed by atoms with Gasteiger partial charge in [0.1, 0.15) is 4.90 Å². The first kappa shape index (κ1) is 12.7. The maximum atomic E-state index is 12.1. The van der Waals surface area contributed by atoms with E-state index in [1.165, 1.54) is 6.07 Å². The maximum Gasteiger partial charge on any atom is 0.339 e. The Bertz CT molecular complexity index is 911. The van der Waals surface area contributed by atoms with Gasteiger partial charge in [-0.3, -0.25) is 0 Å². The van der Waals surface area contributed by atoms with Crippen LogP contribution in [0.2, 0.25) is 0 Å². The molecule has 3 nitrogen and oxygen atoms in total. The summed E-state index contributed by atoms with van der Waals surface area (Å²) < 4.78 is 28.8. The van der Waals surface area contributed by atoms with Crippen molar-refractivity contribution < 1.29 is 12.6 Å². The molecular weight excluding hydrogens is 272 g/mol. The van der Waals surface area contributed by atoms with Crippen LogP contribution >= 0.6 is 0 Å². The summed E-state index contributed by atoms with van der Waals surface area (Å²) in [5.74, 6) is 0. The lowest BCUT2D eigenvalue weighted by atomic mass is 10.0. The van der Waals surface area contributed by atoms with Crippen molar-refractivity contribution in [3.63, 3.8) is 0 Å². The normalized spacial score (nSPS) is 11.6. The molecule has 3 aromatic rings. The molecule has 3 rings (SSSR count). The van der Waals surface area contributed by atoms with Gasteiger partial charge in [0, 0.05) is 5.39 Å². The molecule has 0 bridgehead atoms. The minimum Gasteiger partial charge on any atom is -0.388 e. The number of benzene rings is 3. The van der Waals surface area contributed by atoms with Gasteiger partial charge in [-0.1, -0.05) is 55.1 Å². The van der Waals surface area contributed by atoms with Crippen LogP contribution in [0.4, 0.5) is 0 Å². The summed E-state index contributed by atoms with van der Waals surface area (Å²) in [7, 11) is -3.82. The molecule has 4 heteroatoms. The molecule has 3 aromatic carbocycles. The Labute approximate surface area is 117 Å². The van der Waals surface area contributed by atoms with E-state index < -0.39 is 10.1 Å². The third kappa shape index (κ3) is 1.94. The molecule has 0 saturated carbocycles. The number of hydrogen-bond acceptors (Lipinski definition) is 3. The minimum absolute atomic E-state index is 0.153. The minimum atomic E-state index is -3.82. The Balaban J connectivity index is 2.42. The van der Waals surface area contributed by atoms with Crippen LogP contribution in [0.15, 0.2) is 72.3 Å². The first-order chi connectivity index (χ1) is 9.63. The number of fused-ring (bicyclic) bond motifs is 3. The fraction of sp³-hybridized carbons (Fsp3) is 0. The van der Waals surface area contributed by atoms with E-state index in [0.717, 1.165) is 22.4 Å². The van der Waals surface area contributed by atoms with Gasteiger partial charge in [0.05, 0.1) is 6.26 Å². The Morgan fingerprint density at radius 1 is 0.850 bits per heavy atom. The highest BCUT2D eigenvalue weighted by Gasteiger charge is 2.18. The van der Waals surface area contributed by atoms with Crippen LogP contribution in [-0.2, 0) is 14.3 Å². The monoisotopic (exact) mass is 284 g/mol. The molecule has 0 heterocycles. The smallest absolute Gasteiger partial charge is 0.339 e. The van der Waals surface area contributed by atoms with Crippen molar-refractivity contribution in [2.24, 2.45) is 0 Å². The zero-order valence-corrected chi connectivity index (χ0v) is 11.4. The summed E-state index contributed by atoms with van der Waals surface area (Å²) in [4.78, 5) is 0.153. The van der Waals surface area contributed by atoms with E-state index in [1.54, 1.807) is 12.1 Å². The first-order valence-electron chi connectivity index (χ1n) is 6.08. The molecule has 0 saturated heterocycles. The molecule has 0 atom stereocenters. The summed E-state index contributed by atoms with van der Waals surface area (Å²) in [6.45, 7) is 3.30. The van der Waals surface area contributed by atoms with Crippen molar-refractivity contribution in [3.05, 3.63) is 67.4 Å². The maximum absolute atomic E-state index is 12.1. The van der Waals surface area contributed by atoms with Crippen molar-refractivity contribution in [1.82, 2.24) is 0 Å². The van der Waals surface area contributed by atoms with Crippen LogP contribution in [0.25, 0.3) is 21.5 Å². The molecule has 0 amide bonds.